The number of benzene rings is 8. The van der Waals surface area contributed by atoms with Gasteiger partial charge in [-0.15, -0.1) is 0 Å². The van der Waals surface area contributed by atoms with Crippen molar-refractivity contribution in [2.24, 2.45) is 4.99 Å². The van der Waals surface area contributed by atoms with E-state index < -0.39 is 6.17 Å². The van der Waals surface area contributed by atoms with Crippen molar-refractivity contribution in [3.8, 4) is 16.8 Å². The van der Waals surface area contributed by atoms with Crippen LogP contribution in [0.25, 0.3) is 71.3 Å². The van der Waals surface area contributed by atoms with Gasteiger partial charge in [-0.2, -0.15) is 0 Å². The van der Waals surface area contributed by atoms with Gasteiger partial charge in [0.25, 0.3) is 0 Å². The molecule has 0 amide bonds. The van der Waals surface area contributed by atoms with Crippen LogP contribution in [0.15, 0.2) is 191 Å². The second-order valence-electron chi connectivity index (χ2n) is 14.0. The fourth-order valence-electron chi connectivity index (χ4n) is 8.28. The number of furan rings is 1. The van der Waals surface area contributed by atoms with Crippen LogP contribution >= 0.6 is 0 Å². The van der Waals surface area contributed by atoms with E-state index in [2.05, 4.69) is 185 Å². The van der Waals surface area contributed by atoms with Crippen LogP contribution in [0.5, 0.6) is 0 Å². The molecule has 2 unspecified atom stereocenters. The molecule has 10 aromatic rings. The van der Waals surface area contributed by atoms with Gasteiger partial charge in [0, 0.05) is 43.7 Å². The van der Waals surface area contributed by atoms with Crippen LogP contribution < -0.4 is 10.6 Å². The van der Waals surface area contributed by atoms with E-state index in [0.717, 1.165) is 72.1 Å². The molecule has 0 aliphatic carbocycles. The number of para-hydroxylation sites is 2. The molecule has 1 aliphatic rings. The van der Waals surface area contributed by atoms with E-state index in [1.54, 1.807) is 0 Å². The van der Waals surface area contributed by atoms with E-state index in [9.17, 15) is 0 Å². The summed E-state index contributed by atoms with van der Waals surface area (Å²) in [5, 5.41) is 14.4. The molecule has 256 valence electrons. The van der Waals surface area contributed by atoms with Crippen LogP contribution in [0, 0.1) is 0 Å². The molecule has 0 spiro atoms. The molecule has 5 nitrogen and oxygen atoms in total. The summed E-state index contributed by atoms with van der Waals surface area (Å²) in [4.78, 5) is 5.35. The maximum atomic E-state index is 6.94. The summed E-state index contributed by atoms with van der Waals surface area (Å²) in [6.07, 6.45) is -0.559. The van der Waals surface area contributed by atoms with Gasteiger partial charge in [0.2, 0.25) is 0 Å². The molecule has 2 aromatic heterocycles. The predicted octanol–water partition coefficient (Wildman–Crippen LogP) is 11.8. The Morgan fingerprint density at radius 3 is 1.87 bits per heavy atom. The lowest BCUT2D eigenvalue weighted by atomic mass is 9.96. The van der Waals surface area contributed by atoms with Crippen molar-refractivity contribution < 1.29 is 4.42 Å². The summed E-state index contributed by atoms with van der Waals surface area (Å²) in [5.41, 5.74) is 10.6. The van der Waals surface area contributed by atoms with E-state index in [0.29, 0.717) is 0 Å². The number of nitrogens with zero attached hydrogens (tertiary/aromatic N) is 2. The maximum absolute atomic E-state index is 6.94. The molecule has 1 aliphatic heterocycles. The number of fused-ring (bicyclic) bond motifs is 8. The average Bonchev–Trinajstić information content (AvgIpc) is 3.80. The Morgan fingerprint density at radius 1 is 0.481 bits per heavy atom. The first-order valence-corrected chi connectivity index (χ1v) is 18.4. The van der Waals surface area contributed by atoms with Crippen molar-refractivity contribution in [1.82, 2.24) is 15.2 Å². The second-order valence-corrected chi connectivity index (χ2v) is 14.0. The van der Waals surface area contributed by atoms with E-state index in [4.69, 9.17) is 9.41 Å². The minimum Gasteiger partial charge on any atom is -0.455 e. The molecule has 2 atom stereocenters. The zero-order valence-corrected chi connectivity index (χ0v) is 29.3. The highest BCUT2D eigenvalue weighted by molar-refractivity contribution is 6.16. The Hall–Kier alpha value is -6.95. The van der Waals surface area contributed by atoms with Crippen molar-refractivity contribution in [1.29, 1.82) is 0 Å². The number of aliphatic imine (C=N–C) groups is 1. The summed E-state index contributed by atoms with van der Waals surface area (Å²) >= 11 is 0. The van der Waals surface area contributed by atoms with E-state index in [-0.39, 0.29) is 6.17 Å². The summed E-state index contributed by atoms with van der Waals surface area (Å²) in [6, 6.07) is 64.5. The summed E-state index contributed by atoms with van der Waals surface area (Å²) in [7, 11) is 0. The van der Waals surface area contributed by atoms with Crippen molar-refractivity contribution in [3.05, 3.63) is 199 Å². The molecule has 11 rings (SSSR count). The predicted molar refractivity (Wildman–Crippen MR) is 222 cm³/mol. The SMILES string of the molecule is c1ccc(C2=NC(c3cc(-c4ccc(-n5c6ccccc6c6ccccc65)cc4)cc4c3oc3c5ccccc5ccc43)NC(c3ccccc3)N2)cc1. The quantitative estimate of drug-likeness (QED) is 0.189. The third kappa shape index (κ3) is 4.94. The zero-order valence-electron chi connectivity index (χ0n) is 29.3. The van der Waals surface area contributed by atoms with E-state index in [1.165, 1.54) is 21.8 Å². The van der Waals surface area contributed by atoms with E-state index >= 15 is 0 Å². The Balaban J connectivity index is 1.11. The van der Waals surface area contributed by atoms with Crippen LogP contribution in [0.4, 0.5) is 0 Å². The van der Waals surface area contributed by atoms with Crippen LogP contribution in [-0.4, -0.2) is 10.4 Å². The van der Waals surface area contributed by atoms with Gasteiger partial charge in [-0.3, -0.25) is 5.32 Å². The van der Waals surface area contributed by atoms with E-state index in [1.807, 2.05) is 12.1 Å². The largest absolute Gasteiger partial charge is 0.455 e. The van der Waals surface area contributed by atoms with Gasteiger partial charge < -0.3 is 14.3 Å². The van der Waals surface area contributed by atoms with Gasteiger partial charge in [0.15, 0.2) is 0 Å². The number of nitrogens with one attached hydrogen (secondary N) is 2. The third-order valence-corrected chi connectivity index (χ3v) is 10.9. The normalized spacial score (nSPS) is 16.0. The van der Waals surface area contributed by atoms with Crippen LogP contribution in [-0.2, 0) is 0 Å². The molecule has 2 N–H and O–H groups in total. The highest BCUT2D eigenvalue weighted by Crippen LogP contribution is 2.42. The van der Waals surface area contributed by atoms with Gasteiger partial charge in [-0.1, -0.05) is 140 Å². The highest BCUT2D eigenvalue weighted by Gasteiger charge is 2.29. The van der Waals surface area contributed by atoms with Crippen molar-refractivity contribution in [2.45, 2.75) is 12.3 Å². The van der Waals surface area contributed by atoms with Gasteiger partial charge in [0.05, 0.1) is 11.0 Å². The molecular weight excluding hydrogens is 661 g/mol. The Morgan fingerprint density at radius 2 is 1.13 bits per heavy atom. The van der Waals surface area contributed by atoms with Crippen molar-refractivity contribution in [2.75, 3.05) is 0 Å². The summed E-state index contributed by atoms with van der Waals surface area (Å²) < 4.78 is 9.30. The first-order chi connectivity index (χ1) is 26.8. The van der Waals surface area contributed by atoms with Gasteiger partial charge >= 0.3 is 0 Å². The number of rotatable bonds is 5. The average molecular weight is 695 g/mol. The fraction of sp³-hybridized carbons (Fsp3) is 0.0408. The Labute approximate surface area is 311 Å². The van der Waals surface area contributed by atoms with Crippen LogP contribution in [0.2, 0.25) is 0 Å². The van der Waals surface area contributed by atoms with Crippen LogP contribution in [0.1, 0.15) is 29.0 Å². The molecule has 0 saturated carbocycles. The Kier molecular flexibility index (Phi) is 7.00. The molecule has 0 radical (unpaired) electrons. The first-order valence-electron chi connectivity index (χ1n) is 18.4. The number of amidine groups is 1. The molecule has 0 saturated heterocycles. The number of hydrogen-bond acceptors (Lipinski definition) is 4. The lowest BCUT2D eigenvalue weighted by Gasteiger charge is -2.32. The Bertz CT molecular complexity index is 3000. The standard InChI is InChI=1S/C49H34N4O/c1-3-14-33(15-4-1)47-50-48(34-16-5-2-6-17-34)52-49(51-47)42-30-35(29-41-40-28-25-32-13-7-8-18-37(32)45(40)54-46(41)42)31-23-26-36(27-24-31)53-43-21-11-9-19-38(43)39-20-10-12-22-44(39)53/h1-30,47,49,51H,(H,50,52). The molecule has 3 heterocycles. The summed E-state index contributed by atoms with van der Waals surface area (Å²) in [6.45, 7) is 0. The minimum atomic E-state index is -0.391. The lowest BCUT2D eigenvalue weighted by molar-refractivity contribution is 0.408. The topological polar surface area (TPSA) is 54.5 Å². The smallest absolute Gasteiger partial charge is 0.143 e. The zero-order chi connectivity index (χ0) is 35.6. The van der Waals surface area contributed by atoms with Crippen LogP contribution in [0.3, 0.4) is 0 Å². The van der Waals surface area contributed by atoms with Gasteiger partial charge in [0.1, 0.15) is 29.3 Å². The molecule has 54 heavy (non-hydrogen) atoms. The highest BCUT2D eigenvalue weighted by atomic mass is 16.3. The minimum absolute atomic E-state index is 0.168. The molecule has 0 bridgehead atoms. The molecule has 8 aromatic carbocycles. The lowest BCUT2D eigenvalue weighted by Crippen LogP contribution is -2.45. The van der Waals surface area contributed by atoms with Gasteiger partial charge in [-0.25, -0.2) is 4.99 Å². The number of hydrogen-bond donors (Lipinski definition) is 2. The molecule has 5 heteroatoms. The fourth-order valence-corrected chi connectivity index (χ4v) is 8.28. The first kappa shape index (κ1) is 30.7. The monoisotopic (exact) mass is 694 g/mol. The van der Waals surface area contributed by atoms with Crippen molar-refractivity contribution in [3.63, 3.8) is 0 Å². The second kappa shape index (κ2) is 12.3. The maximum Gasteiger partial charge on any atom is 0.143 e. The van der Waals surface area contributed by atoms with Gasteiger partial charge in [-0.05, 0) is 64.5 Å². The molecular formula is C49H34N4O. The summed E-state index contributed by atoms with van der Waals surface area (Å²) in [5.74, 6) is 0.837. The number of aromatic nitrogens is 1. The van der Waals surface area contributed by atoms with Crippen molar-refractivity contribution >= 4 is 60.4 Å². The molecule has 0 fully saturated rings. The third-order valence-electron chi connectivity index (χ3n) is 10.9.